The molecule has 2 aromatic carbocycles. The van der Waals surface area contributed by atoms with Gasteiger partial charge in [0.2, 0.25) is 0 Å². The molecular weight excluding hydrogens is 312 g/mol. The van der Waals surface area contributed by atoms with Gasteiger partial charge >= 0.3 is 10.4 Å². The lowest BCUT2D eigenvalue weighted by Gasteiger charge is -2.06. The van der Waals surface area contributed by atoms with Crippen LogP contribution >= 0.6 is 11.6 Å². The van der Waals surface area contributed by atoms with E-state index in [0.717, 1.165) is 11.1 Å². The lowest BCUT2D eigenvalue weighted by Crippen LogP contribution is -2.07. The second kappa shape index (κ2) is 6.30. The van der Waals surface area contributed by atoms with E-state index < -0.39 is 10.4 Å². The summed E-state index contributed by atoms with van der Waals surface area (Å²) < 4.78 is 35.0. The zero-order chi connectivity index (χ0) is 15.5. The number of hydrogen-bond acceptors (Lipinski definition) is 3. The Bertz CT molecular complexity index is 765. The van der Waals surface area contributed by atoms with E-state index in [1.807, 2.05) is 31.2 Å². The second-order valence-electron chi connectivity index (χ2n) is 4.44. The van der Waals surface area contributed by atoms with E-state index in [-0.39, 0.29) is 5.75 Å². The molecule has 0 aliphatic heterocycles. The van der Waals surface area contributed by atoms with Crippen molar-refractivity contribution in [3.8, 4) is 5.75 Å². The van der Waals surface area contributed by atoms with Crippen LogP contribution in [0.25, 0.3) is 12.2 Å². The molecule has 21 heavy (non-hydrogen) atoms. The summed E-state index contributed by atoms with van der Waals surface area (Å²) in [7, 11) is -4.60. The molecule has 0 unspecified atom stereocenters. The van der Waals surface area contributed by atoms with Crippen molar-refractivity contribution >= 4 is 34.2 Å². The van der Waals surface area contributed by atoms with Crippen LogP contribution in [0.3, 0.4) is 0 Å². The SMILES string of the molecule is Cc1ccc(C=Cc2ccc(Cl)cc2OS(=O)(=O)O)cc1. The monoisotopic (exact) mass is 324 g/mol. The van der Waals surface area contributed by atoms with Gasteiger partial charge in [-0.15, -0.1) is 0 Å². The molecule has 0 saturated carbocycles. The third-order valence-corrected chi connectivity index (χ3v) is 3.33. The maximum absolute atomic E-state index is 10.8. The first-order valence-corrected chi connectivity index (χ1v) is 7.79. The van der Waals surface area contributed by atoms with Gasteiger partial charge in [-0.25, -0.2) is 0 Å². The standard InChI is InChI=1S/C15H13ClO4S/c1-11-2-4-12(5-3-11)6-7-13-8-9-14(16)10-15(13)20-21(17,18)19/h2-10H,1H3,(H,17,18,19). The fourth-order valence-corrected chi connectivity index (χ4v) is 2.23. The van der Waals surface area contributed by atoms with Crippen LogP contribution < -0.4 is 4.18 Å². The molecule has 0 amide bonds. The average Bonchev–Trinajstić information content (AvgIpc) is 2.38. The van der Waals surface area contributed by atoms with Crippen molar-refractivity contribution in [2.24, 2.45) is 0 Å². The molecule has 0 aliphatic carbocycles. The molecule has 0 heterocycles. The van der Waals surface area contributed by atoms with Crippen molar-refractivity contribution < 1.29 is 17.2 Å². The number of aryl methyl sites for hydroxylation is 1. The van der Waals surface area contributed by atoms with Crippen molar-refractivity contribution in [1.82, 2.24) is 0 Å². The van der Waals surface area contributed by atoms with Crippen LogP contribution in [0, 0.1) is 6.92 Å². The maximum atomic E-state index is 10.8. The molecule has 110 valence electrons. The molecular formula is C15H13ClO4S. The minimum absolute atomic E-state index is 0.0339. The van der Waals surface area contributed by atoms with E-state index in [9.17, 15) is 8.42 Å². The summed E-state index contributed by atoms with van der Waals surface area (Å²) in [5, 5.41) is 0.307. The van der Waals surface area contributed by atoms with Crippen molar-refractivity contribution in [2.45, 2.75) is 6.92 Å². The summed E-state index contributed by atoms with van der Waals surface area (Å²) >= 11 is 5.80. The number of halogens is 1. The fourth-order valence-electron chi connectivity index (χ4n) is 1.70. The van der Waals surface area contributed by atoms with Crippen LogP contribution in [0.5, 0.6) is 5.75 Å². The van der Waals surface area contributed by atoms with E-state index in [1.54, 1.807) is 24.3 Å². The first-order chi connectivity index (χ1) is 9.83. The van der Waals surface area contributed by atoms with Gasteiger partial charge in [-0.3, -0.25) is 4.55 Å². The van der Waals surface area contributed by atoms with Crippen LogP contribution in [0.2, 0.25) is 5.02 Å². The van der Waals surface area contributed by atoms with E-state index >= 15 is 0 Å². The third-order valence-electron chi connectivity index (χ3n) is 2.70. The summed E-state index contributed by atoms with van der Waals surface area (Å²) in [5.41, 5.74) is 2.58. The predicted octanol–water partition coefficient (Wildman–Crippen LogP) is 4.00. The van der Waals surface area contributed by atoms with Gasteiger partial charge in [0.05, 0.1) is 0 Å². The summed E-state index contributed by atoms with van der Waals surface area (Å²) in [6, 6.07) is 12.3. The highest BCUT2D eigenvalue weighted by molar-refractivity contribution is 7.81. The van der Waals surface area contributed by atoms with Crippen LogP contribution in [0.1, 0.15) is 16.7 Å². The van der Waals surface area contributed by atoms with Gasteiger partial charge in [-0.2, -0.15) is 8.42 Å². The van der Waals surface area contributed by atoms with Crippen LogP contribution in [-0.4, -0.2) is 13.0 Å². The highest BCUT2D eigenvalue weighted by Crippen LogP contribution is 2.26. The molecule has 0 saturated heterocycles. The van der Waals surface area contributed by atoms with E-state index in [0.29, 0.717) is 10.6 Å². The summed E-state index contributed by atoms with van der Waals surface area (Å²) in [4.78, 5) is 0. The molecule has 0 bridgehead atoms. The Labute approximate surface area is 128 Å². The van der Waals surface area contributed by atoms with E-state index in [1.165, 1.54) is 6.07 Å². The second-order valence-corrected chi connectivity index (χ2v) is 5.90. The Kier molecular flexibility index (Phi) is 4.67. The lowest BCUT2D eigenvalue weighted by atomic mass is 10.1. The zero-order valence-corrected chi connectivity index (χ0v) is 12.7. The number of rotatable bonds is 4. The normalized spacial score (nSPS) is 11.8. The van der Waals surface area contributed by atoms with Crippen molar-refractivity contribution in [2.75, 3.05) is 0 Å². The van der Waals surface area contributed by atoms with Gasteiger partial charge in [-0.1, -0.05) is 53.6 Å². The smallest absolute Gasteiger partial charge is 0.361 e. The van der Waals surface area contributed by atoms with Gasteiger partial charge in [-0.05, 0) is 24.6 Å². The highest BCUT2D eigenvalue weighted by Gasteiger charge is 2.10. The van der Waals surface area contributed by atoms with E-state index in [4.69, 9.17) is 16.2 Å². The van der Waals surface area contributed by atoms with Crippen molar-refractivity contribution in [1.29, 1.82) is 0 Å². The largest absolute Gasteiger partial charge is 0.446 e. The summed E-state index contributed by atoms with van der Waals surface area (Å²) in [5.74, 6) is -0.0339. The third kappa shape index (κ3) is 4.90. The molecule has 4 nitrogen and oxygen atoms in total. The summed E-state index contributed by atoms with van der Waals surface area (Å²) in [6.07, 6.45) is 3.49. The molecule has 2 rings (SSSR count). The number of benzene rings is 2. The van der Waals surface area contributed by atoms with Gasteiger partial charge in [0.15, 0.2) is 5.75 Å². The quantitative estimate of drug-likeness (QED) is 0.682. The van der Waals surface area contributed by atoms with Gasteiger partial charge in [0.1, 0.15) is 0 Å². The molecule has 0 radical (unpaired) electrons. The molecule has 6 heteroatoms. The fraction of sp³-hybridized carbons (Fsp3) is 0.0667. The van der Waals surface area contributed by atoms with E-state index in [2.05, 4.69) is 4.18 Å². The highest BCUT2D eigenvalue weighted by atomic mass is 35.5. The molecule has 0 atom stereocenters. The van der Waals surface area contributed by atoms with Crippen LogP contribution in [0.15, 0.2) is 42.5 Å². The first kappa shape index (κ1) is 15.6. The zero-order valence-electron chi connectivity index (χ0n) is 11.2. The van der Waals surface area contributed by atoms with Crippen LogP contribution in [0.4, 0.5) is 0 Å². The Balaban J connectivity index is 2.33. The minimum Gasteiger partial charge on any atom is -0.361 e. The van der Waals surface area contributed by atoms with Gasteiger partial charge in [0.25, 0.3) is 0 Å². The molecule has 0 fully saturated rings. The Morgan fingerprint density at radius 1 is 1.10 bits per heavy atom. The average molecular weight is 325 g/mol. The first-order valence-electron chi connectivity index (χ1n) is 6.05. The molecule has 0 aromatic heterocycles. The van der Waals surface area contributed by atoms with Crippen molar-refractivity contribution in [3.05, 3.63) is 64.2 Å². The molecule has 0 spiro atoms. The number of hydrogen-bond donors (Lipinski definition) is 1. The molecule has 2 aromatic rings. The maximum Gasteiger partial charge on any atom is 0.446 e. The topological polar surface area (TPSA) is 63.6 Å². The molecule has 0 aliphatic rings. The van der Waals surface area contributed by atoms with Gasteiger partial charge < -0.3 is 4.18 Å². The Morgan fingerprint density at radius 2 is 1.76 bits per heavy atom. The summed E-state index contributed by atoms with van der Waals surface area (Å²) in [6.45, 7) is 1.99. The predicted molar refractivity (Wildman–Crippen MR) is 83.7 cm³/mol. The Morgan fingerprint density at radius 3 is 2.38 bits per heavy atom. The van der Waals surface area contributed by atoms with Gasteiger partial charge in [0, 0.05) is 16.7 Å². The lowest BCUT2D eigenvalue weighted by molar-refractivity contribution is 0.386. The Hall–Kier alpha value is -1.82. The minimum atomic E-state index is -4.60. The van der Waals surface area contributed by atoms with Crippen LogP contribution in [-0.2, 0) is 10.4 Å². The molecule has 1 N–H and O–H groups in total. The van der Waals surface area contributed by atoms with Crippen molar-refractivity contribution in [3.63, 3.8) is 0 Å².